The van der Waals surface area contributed by atoms with Gasteiger partial charge in [-0.15, -0.1) is 0 Å². The van der Waals surface area contributed by atoms with Gasteiger partial charge in [-0.25, -0.2) is 4.39 Å². The molecule has 3 unspecified atom stereocenters. The predicted molar refractivity (Wildman–Crippen MR) is 79.1 cm³/mol. The standard InChI is InChI=1S/C14H18BrClFNO/c1-3-18-14(13-5-4-8(2)19-13)9-6-11(16)10(15)7-12(9)17/h6-8,13-14,18H,3-5H2,1-2H3. The Morgan fingerprint density at radius 1 is 1.53 bits per heavy atom. The van der Waals surface area contributed by atoms with Crippen molar-refractivity contribution in [2.24, 2.45) is 0 Å². The number of nitrogens with one attached hydrogen (secondary N) is 1. The van der Waals surface area contributed by atoms with E-state index in [4.69, 9.17) is 16.3 Å². The molecule has 106 valence electrons. The lowest BCUT2D eigenvalue weighted by Gasteiger charge is -2.25. The lowest BCUT2D eigenvalue weighted by Crippen LogP contribution is -2.32. The summed E-state index contributed by atoms with van der Waals surface area (Å²) in [5.41, 5.74) is 0.578. The van der Waals surface area contributed by atoms with Crippen molar-refractivity contribution >= 4 is 27.5 Å². The highest BCUT2D eigenvalue weighted by Gasteiger charge is 2.32. The third-order valence-electron chi connectivity index (χ3n) is 3.44. The Hall–Kier alpha value is -0.160. The molecule has 0 amide bonds. The monoisotopic (exact) mass is 349 g/mol. The molecule has 1 heterocycles. The molecule has 0 saturated carbocycles. The van der Waals surface area contributed by atoms with Crippen LogP contribution < -0.4 is 5.32 Å². The van der Waals surface area contributed by atoms with Gasteiger partial charge in [-0.1, -0.05) is 18.5 Å². The number of halogens is 3. The summed E-state index contributed by atoms with van der Waals surface area (Å²) in [7, 11) is 0. The third kappa shape index (κ3) is 3.48. The summed E-state index contributed by atoms with van der Waals surface area (Å²) in [6.07, 6.45) is 2.19. The van der Waals surface area contributed by atoms with E-state index >= 15 is 0 Å². The van der Waals surface area contributed by atoms with Gasteiger partial charge in [-0.3, -0.25) is 0 Å². The van der Waals surface area contributed by atoms with E-state index in [9.17, 15) is 4.39 Å². The molecule has 1 saturated heterocycles. The van der Waals surface area contributed by atoms with E-state index in [1.807, 2.05) is 13.8 Å². The van der Waals surface area contributed by atoms with E-state index in [1.54, 1.807) is 6.07 Å². The van der Waals surface area contributed by atoms with Crippen LogP contribution in [0.3, 0.4) is 0 Å². The van der Waals surface area contributed by atoms with Gasteiger partial charge in [0, 0.05) is 10.0 Å². The van der Waals surface area contributed by atoms with Gasteiger partial charge < -0.3 is 10.1 Å². The molecular weight excluding hydrogens is 333 g/mol. The summed E-state index contributed by atoms with van der Waals surface area (Å²) in [5, 5.41) is 3.83. The molecule has 3 atom stereocenters. The molecule has 0 bridgehead atoms. The van der Waals surface area contributed by atoms with Gasteiger partial charge in [-0.05, 0) is 54.4 Å². The zero-order valence-corrected chi connectivity index (χ0v) is 13.4. The van der Waals surface area contributed by atoms with E-state index in [-0.39, 0.29) is 24.1 Å². The zero-order valence-electron chi connectivity index (χ0n) is 11.1. The summed E-state index contributed by atoms with van der Waals surface area (Å²) in [4.78, 5) is 0. The summed E-state index contributed by atoms with van der Waals surface area (Å²) in [5.74, 6) is -0.259. The first-order valence-electron chi connectivity index (χ1n) is 6.56. The lowest BCUT2D eigenvalue weighted by atomic mass is 9.98. The molecule has 1 aliphatic rings. The maximum absolute atomic E-state index is 14.2. The average Bonchev–Trinajstić information content (AvgIpc) is 2.78. The smallest absolute Gasteiger partial charge is 0.129 e. The molecule has 1 aromatic carbocycles. The van der Waals surface area contributed by atoms with Crippen molar-refractivity contribution in [1.82, 2.24) is 5.32 Å². The van der Waals surface area contributed by atoms with Crippen LogP contribution in [0.5, 0.6) is 0 Å². The van der Waals surface area contributed by atoms with E-state index < -0.39 is 0 Å². The first-order valence-corrected chi connectivity index (χ1v) is 7.73. The van der Waals surface area contributed by atoms with Gasteiger partial charge in [0.05, 0.1) is 23.3 Å². The molecule has 19 heavy (non-hydrogen) atoms. The van der Waals surface area contributed by atoms with Crippen LogP contribution in [0.2, 0.25) is 5.02 Å². The van der Waals surface area contributed by atoms with Gasteiger partial charge in [0.15, 0.2) is 0 Å². The number of rotatable bonds is 4. The predicted octanol–water partition coefficient (Wildman–Crippen LogP) is 4.46. The van der Waals surface area contributed by atoms with E-state index in [1.165, 1.54) is 6.07 Å². The number of ether oxygens (including phenoxy) is 1. The second kappa shape index (κ2) is 6.53. The molecule has 0 aliphatic carbocycles. The molecule has 1 aromatic rings. The Kier molecular flexibility index (Phi) is 5.23. The van der Waals surface area contributed by atoms with Gasteiger partial charge >= 0.3 is 0 Å². The maximum Gasteiger partial charge on any atom is 0.129 e. The van der Waals surface area contributed by atoms with Gasteiger partial charge in [-0.2, -0.15) is 0 Å². The largest absolute Gasteiger partial charge is 0.373 e. The van der Waals surface area contributed by atoms with Crippen molar-refractivity contribution < 1.29 is 9.13 Å². The summed E-state index contributed by atoms with van der Waals surface area (Å²) >= 11 is 9.32. The molecule has 0 aromatic heterocycles. The Labute approximate surface area is 126 Å². The topological polar surface area (TPSA) is 21.3 Å². The second-order valence-electron chi connectivity index (χ2n) is 4.89. The maximum atomic E-state index is 14.2. The molecular formula is C14H18BrClFNO. The van der Waals surface area contributed by atoms with Crippen molar-refractivity contribution in [1.29, 1.82) is 0 Å². The minimum Gasteiger partial charge on any atom is -0.373 e. The molecule has 1 fully saturated rings. The van der Waals surface area contributed by atoms with Crippen LogP contribution >= 0.6 is 27.5 Å². The van der Waals surface area contributed by atoms with Gasteiger partial charge in [0.2, 0.25) is 0 Å². The van der Waals surface area contributed by atoms with Crippen LogP contribution in [0.15, 0.2) is 16.6 Å². The van der Waals surface area contributed by atoms with Crippen LogP contribution in [0.4, 0.5) is 4.39 Å². The number of hydrogen-bond donors (Lipinski definition) is 1. The Bertz CT molecular complexity index is 457. The van der Waals surface area contributed by atoms with Gasteiger partial charge in [0.25, 0.3) is 0 Å². The molecule has 1 N–H and O–H groups in total. The fraction of sp³-hybridized carbons (Fsp3) is 0.571. The Morgan fingerprint density at radius 3 is 2.84 bits per heavy atom. The van der Waals surface area contributed by atoms with Crippen molar-refractivity contribution in [3.05, 3.63) is 33.0 Å². The van der Waals surface area contributed by atoms with E-state index in [0.717, 1.165) is 19.4 Å². The minimum absolute atomic E-state index is 0.00157. The highest BCUT2D eigenvalue weighted by atomic mass is 79.9. The highest BCUT2D eigenvalue weighted by Crippen LogP contribution is 2.34. The Morgan fingerprint density at radius 2 is 2.26 bits per heavy atom. The molecule has 0 spiro atoms. The lowest BCUT2D eigenvalue weighted by molar-refractivity contribution is 0.0312. The number of hydrogen-bond acceptors (Lipinski definition) is 2. The molecule has 2 rings (SSSR count). The number of benzene rings is 1. The normalized spacial score (nSPS) is 24.7. The fourth-order valence-electron chi connectivity index (χ4n) is 2.52. The SMILES string of the molecule is CCNC(c1cc(Cl)c(Br)cc1F)C1CCC(C)O1. The summed E-state index contributed by atoms with van der Waals surface area (Å²) in [6, 6.07) is 2.95. The molecule has 1 aliphatic heterocycles. The molecule has 2 nitrogen and oxygen atoms in total. The molecule has 5 heteroatoms. The quantitative estimate of drug-likeness (QED) is 0.810. The van der Waals surface area contributed by atoms with Crippen LogP contribution in [0, 0.1) is 5.82 Å². The van der Waals surface area contributed by atoms with Crippen molar-refractivity contribution in [2.45, 2.75) is 44.9 Å². The second-order valence-corrected chi connectivity index (χ2v) is 6.15. The highest BCUT2D eigenvalue weighted by molar-refractivity contribution is 9.10. The van der Waals surface area contributed by atoms with Crippen LogP contribution in [0.1, 0.15) is 38.3 Å². The third-order valence-corrected chi connectivity index (χ3v) is 4.63. The van der Waals surface area contributed by atoms with Gasteiger partial charge in [0.1, 0.15) is 5.82 Å². The van der Waals surface area contributed by atoms with E-state index in [2.05, 4.69) is 21.2 Å². The Balaban J connectivity index is 2.30. The average molecular weight is 351 g/mol. The van der Waals surface area contributed by atoms with Crippen LogP contribution in [-0.4, -0.2) is 18.8 Å². The van der Waals surface area contributed by atoms with Crippen molar-refractivity contribution in [2.75, 3.05) is 6.54 Å². The van der Waals surface area contributed by atoms with Crippen molar-refractivity contribution in [3.63, 3.8) is 0 Å². The zero-order chi connectivity index (χ0) is 14.0. The first-order chi connectivity index (χ1) is 9.02. The van der Waals surface area contributed by atoms with Crippen LogP contribution in [-0.2, 0) is 4.74 Å². The molecule has 0 radical (unpaired) electrons. The summed E-state index contributed by atoms with van der Waals surface area (Å²) in [6.45, 7) is 4.81. The number of likely N-dealkylation sites (N-methyl/N-ethyl adjacent to an activating group) is 1. The van der Waals surface area contributed by atoms with Crippen LogP contribution in [0.25, 0.3) is 0 Å². The van der Waals surface area contributed by atoms with E-state index in [0.29, 0.717) is 15.1 Å². The first kappa shape index (κ1) is 15.2. The fourth-order valence-corrected chi connectivity index (χ4v) is 3.00. The summed E-state index contributed by atoms with van der Waals surface area (Å²) < 4.78 is 20.6. The minimum atomic E-state index is -0.259. The van der Waals surface area contributed by atoms with Crippen molar-refractivity contribution in [3.8, 4) is 0 Å².